The lowest BCUT2D eigenvalue weighted by molar-refractivity contribution is -0.181. The molecule has 4 atom stereocenters. The molecule has 0 aliphatic heterocycles. The van der Waals surface area contributed by atoms with Crippen LogP contribution in [0, 0.1) is 0 Å². The Morgan fingerprint density at radius 2 is 0.955 bits per heavy atom. The number of hydrogen-bond donors (Lipinski definition) is 0. The van der Waals surface area contributed by atoms with Crippen molar-refractivity contribution in [3.63, 3.8) is 0 Å². The maximum absolute atomic E-state index is 11.7. The van der Waals surface area contributed by atoms with E-state index >= 15 is 0 Å². The lowest BCUT2D eigenvalue weighted by atomic mass is 10.3. The number of esters is 3. The summed E-state index contributed by atoms with van der Waals surface area (Å²) in [5.74, 6) is -2.83. The van der Waals surface area contributed by atoms with Crippen molar-refractivity contribution in [2.75, 3.05) is 7.11 Å². The van der Waals surface area contributed by atoms with E-state index in [-0.39, 0.29) is 5.78 Å². The van der Waals surface area contributed by atoms with E-state index in [1.54, 1.807) is 0 Å². The van der Waals surface area contributed by atoms with Crippen LogP contribution in [0.2, 0.25) is 0 Å². The van der Waals surface area contributed by atoms with Gasteiger partial charge in [-0.3, -0.25) is 4.79 Å². The van der Waals surface area contributed by atoms with Crippen molar-refractivity contribution in [3.8, 4) is 0 Å². The number of ether oxygens (including phenoxy) is 4. The number of hydrogen-bond acceptors (Lipinski definition) is 8. The zero-order valence-electron chi connectivity index (χ0n) is 13.6. The van der Waals surface area contributed by atoms with E-state index in [2.05, 4.69) is 0 Å². The van der Waals surface area contributed by atoms with Gasteiger partial charge in [-0.05, 0) is 34.6 Å². The van der Waals surface area contributed by atoms with E-state index in [0.29, 0.717) is 0 Å². The molecule has 8 nitrogen and oxygen atoms in total. The van der Waals surface area contributed by atoms with Gasteiger partial charge in [-0.15, -0.1) is 0 Å². The van der Waals surface area contributed by atoms with Crippen molar-refractivity contribution in [3.05, 3.63) is 0 Å². The molecular formula is C14H22O8. The third-order valence-corrected chi connectivity index (χ3v) is 2.80. The fourth-order valence-electron chi connectivity index (χ4n) is 1.09. The van der Waals surface area contributed by atoms with E-state index in [0.717, 1.165) is 0 Å². The molecule has 0 radical (unpaired) electrons. The van der Waals surface area contributed by atoms with E-state index in [1.165, 1.54) is 41.7 Å². The smallest absolute Gasteiger partial charge is 0.347 e. The first-order valence-electron chi connectivity index (χ1n) is 6.74. The minimum atomic E-state index is -1.23. The molecule has 0 amide bonds. The standard InChI is InChI=1S/C14H22O8/c1-7(15)8(2)20-13(17)10(4)22-14(18)11(5)21-12(16)9(3)19-6/h8-11H,1-6H3/t8-,9+,10-,11+/m1/s1. The number of rotatable bonds is 8. The van der Waals surface area contributed by atoms with Gasteiger partial charge in [-0.2, -0.15) is 0 Å². The van der Waals surface area contributed by atoms with Crippen molar-refractivity contribution in [1.29, 1.82) is 0 Å². The third-order valence-electron chi connectivity index (χ3n) is 2.80. The SMILES string of the molecule is CO[C@@H](C)C(=O)O[C@@H](C)C(=O)O[C@H](C)C(=O)O[C@H](C)C(C)=O. The predicted octanol–water partition coefficient (Wildman–Crippen LogP) is 0.405. The monoisotopic (exact) mass is 318 g/mol. The van der Waals surface area contributed by atoms with E-state index < -0.39 is 42.3 Å². The molecule has 0 fully saturated rings. The Morgan fingerprint density at radius 1 is 0.636 bits per heavy atom. The highest BCUT2D eigenvalue weighted by atomic mass is 16.6. The summed E-state index contributed by atoms with van der Waals surface area (Å²) in [6.45, 7) is 6.74. The summed E-state index contributed by atoms with van der Waals surface area (Å²) in [7, 11) is 1.32. The topological polar surface area (TPSA) is 105 Å². The van der Waals surface area contributed by atoms with Crippen molar-refractivity contribution in [2.24, 2.45) is 0 Å². The Labute approximate surface area is 129 Å². The van der Waals surface area contributed by atoms with E-state index in [9.17, 15) is 19.2 Å². The average Bonchev–Trinajstić information content (AvgIpc) is 2.45. The van der Waals surface area contributed by atoms with Crippen LogP contribution in [-0.2, 0) is 38.1 Å². The second-order valence-electron chi connectivity index (χ2n) is 4.73. The zero-order chi connectivity index (χ0) is 17.4. The lowest BCUT2D eigenvalue weighted by Crippen LogP contribution is -2.36. The lowest BCUT2D eigenvalue weighted by Gasteiger charge is -2.18. The molecule has 0 spiro atoms. The molecule has 0 aromatic rings. The van der Waals surface area contributed by atoms with Gasteiger partial charge in [0.1, 0.15) is 0 Å². The van der Waals surface area contributed by atoms with Crippen LogP contribution in [0.15, 0.2) is 0 Å². The highest BCUT2D eigenvalue weighted by Crippen LogP contribution is 2.05. The van der Waals surface area contributed by atoms with Crippen molar-refractivity contribution >= 4 is 23.7 Å². The molecule has 0 N–H and O–H groups in total. The van der Waals surface area contributed by atoms with Crippen LogP contribution < -0.4 is 0 Å². The maximum Gasteiger partial charge on any atom is 0.347 e. The maximum atomic E-state index is 11.7. The molecule has 8 heteroatoms. The fourth-order valence-corrected chi connectivity index (χ4v) is 1.09. The number of carbonyl (C=O) groups excluding carboxylic acids is 4. The van der Waals surface area contributed by atoms with Gasteiger partial charge in [0.15, 0.2) is 30.2 Å². The minimum absolute atomic E-state index is 0.331. The molecule has 0 aliphatic rings. The minimum Gasteiger partial charge on any atom is -0.452 e. The third kappa shape index (κ3) is 6.66. The van der Waals surface area contributed by atoms with Crippen LogP contribution in [-0.4, -0.2) is 55.2 Å². The normalized spacial score (nSPS) is 15.9. The Kier molecular flexibility index (Phi) is 8.32. The molecule has 22 heavy (non-hydrogen) atoms. The summed E-state index contributed by atoms with van der Waals surface area (Å²) in [5.41, 5.74) is 0. The van der Waals surface area contributed by atoms with Gasteiger partial charge in [-0.1, -0.05) is 0 Å². The van der Waals surface area contributed by atoms with Gasteiger partial charge in [0.2, 0.25) is 0 Å². The number of carbonyl (C=O) groups is 4. The second kappa shape index (κ2) is 9.14. The number of Topliss-reactive ketones (excluding diaryl/α,β-unsaturated/α-hetero) is 1. The predicted molar refractivity (Wildman–Crippen MR) is 73.8 cm³/mol. The molecular weight excluding hydrogens is 296 g/mol. The largest absolute Gasteiger partial charge is 0.452 e. The van der Waals surface area contributed by atoms with Crippen LogP contribution in [0.25, 0.3) is 0 Å². The molecule has 0 rings (SSSR count). The molecule has 0 bridgehead atoms. The Balaban J connectivity index is 4.42. The van der Waals surface area contributed by atoms with Gasteiger partial charge in [0, 0.05) is 7.11 Å². The van der Waals surface area contributed by atoms with Gasteiger partial charge in [0.05, 0.1) is 0 Å². The van der Waals surface area contributed by atoms with Gasteiger partial charge < -0.3 is 18.9 Å². The van der Waals surface area contributed by atoms with E-state index in [4.69, 9.17) is 18.9 Å². The van der Waals surface area contributed by atoms with Crippen LogP contribution in [0.1, 0.15) is 34.6 Å². The van der Waals surface area contributed by atoms with Crippen LogP contribution in [0.5, 0.6) is 0 Å². The Morgan fingerprint density at radius 3 is 1.27 bits per heavy atom. The second-order valence-corrected chi connectivity index (χ2v) is 4.73. The summed E-state index contributed by atoms with van der Waals surface area (Å²) in [5, 5.41) is 0. The van der Waals surface area contributed by atoms with Gasteiger partial charge in [0.25, 0.3) is 0 Å². The summed E-state index contributed by atoms with van der Waals surface area (Å²) < 4.78 is 19.2. The van der Waals surface area contributed by atoms with Crippen molar-refractivity contribution in [2.45, 2.75) is 59.0 Å². The molecule has 0 aliphatic carbocycles. The number of ketones is 1. The summed E-state index contributed by atoms with van der Waals surface area (Å²) >= 11 is 0. The summed E-state index contributed by atoms with van der Waals surface area (Å²) in [4.78, 5) is 45.8. The van der Waals surface area contributed by atoms with Gasteiger partial charge >= 0.3 is 17.9 Å². The highest BCUT2D eigenvalue weighted by molar-refractivity contribution is 5.86. The summed E-state index contributed by atoms with van der Waals surface area (Å²) in [6.07, 6.45) is -4.18. The van der Waals surface area contributed by atoms with Crippen molar-refractivity contribution in [1.82, 2.24) is 0 Å². The molecule has 0 saturated carbocycles. The molecule has 0 heterocycles. The first kappa shape index (κ1) is 20.0. The molecule has 0 aromatic carbocycles. The highest BCUT2D eigenvalue weighted by Gasteiger charge is 2.28. The number of methoxy groups -OCH3 is 1. The van der Waals surface area contributed by atoms with Crippen molar-refractivity contribution < 1.29 is 38.1 Å². The van der Waals surface area contributed by atoms with Crippen LogP contribution in [0.4, 0.5) is 0 Å². The van der Waals surface area contributed by atoms with E-state index in [1.807, 2.05) is 0 Å². The average molecular weight is 318 g/mol. The quantitative estimate of drug-likeness (QED) is 0.468. The van der Waals surface area contributed by atoms with Crippen LogP contribution in [0.3, 0.4) is 0 Å². The van der Waals surface area contributed by atoms with Gasteiger partial charge in [-0.25, -0.2) is 14.4 Å². The molecule has 0 saturated heterocycles. The molecule has 0 unspecified atom stereocenters. The zero-order valence-corrected chi connectivity index (χ0v) is 13.6. The first-order chi connectivity index (χ1) is 10.1. The summed E-state index contributed by atoms with van der Waals surface area (Å²) in [6, 6.07) is 0. The fraction of sp³-hybridized carbons (Fsp3) is 0.714. The Hall–Kier alpha value is -1.96. The van der Waals surface area contributed by atoms with Crippen LogP contribution >= 0.6 is 0 Å². The first-order valence-corrected chi connectivity index (χ1v) is 6.74. The Bertz CT molecular complexity index is 431. The molecule has 126 valence electrons. The molecule has 0 aromatic heterocycles.